The molecule has 0 saturated heterocycles. The van der Waals surface area contributed by atoms with E-state index < -0.39 is 10.4 Å². The molecule has 1 aromatic carbocycles. The van der Waals surface area contributed by atoms with Gasteiger partial charge in [0.1, 0.15) is 12.6 Å². The molecule has 1 unspecified atom stereocenters. The van der Waals surface area contributed by atoms with E-state index in [0.29, 0.717) is 6.04 Å². The predicted molar refractivity (Wildman–Crippen MR) is 78.6 cm³/mol. The molecule has 1 atom stereocenters. The Morgan fingerprint density at radius 1 is 1.35 bits per heavy atom. The summed E-state index contributed by atoms with van der Waals surface area (Å²) in [6, 6.07) is 11.1. The fraction of sp³-hybridized carbons (Fsp3) is 0.429. The van der Waals surface area contributed by atoms with Crippen molar-refractivity contribution in [3.63, 3.8) is 0 Å². The standard InChI is InChI=1S/C13H20N.CH4O4S/c1-5-12(2)14(3,4)11-13-9-7-6-8-10-13;1-5-6(2,3)4/h5-10,12H,1,11H2,2-4H3;1H3,(H,2,3,4)/q+1;/p-1. The molecule has 0 saturated carbocycles. The highest BCUT2D eigenvalue weighted by Crippen LogP contribution is 2.13. The van der Waals surface area contributed by atoms with E-state index in [4.69, 9.17) is 0 Å². The highest BCUT2D eigenvalue weighted by Gasteiger charge is 2.21. The van der Waals surface area contributed by atoms with E-state index in [1.165, 1.54) is 5.56 Å². The number of hydrogen-bond acceptors (Lipinski definition) is 4. The van der Waals surface area contributed by atoms with Gasteiger partial charge in [-0.05, 0) is 13.0 Å². The summed E-state index contributed by atoms with van der Waals surface area (Å²) in [6.45, 7) is 7.11. The number of likely N-dealkylation sites (N-methyl/N-ethyl adjacent to an activating group) is 1. The maximum Gasteiger partial charge on any atom is 0.217 e. The largest absolute Gasteiger partial charge is 0.726 e. The van der Waals surface area contributed by atoms with Crippen LogP contribution in [0.25, 0.3) is 0 Å². The van der Waals surface area contributed by atoms with Crippen LogP contribution in [0.3, 0.4) is 0 Å². The van der Waals surface area contributed by atoms with Crippen molar-refractivity contribution in [1.82, 2.24) is 0 Å². The van der Waals surface area contributed by atoms with Gasteiger partial charge in [-0.25, -0.2) is 8.42 Å². The molecule has 0 aliphatic heterocycles. The van der Waals surface area contributed by atoms with Crippen LogP contribution in [0.15, 0.2) is 43.0 Å². The molecule has 0 aliphatic carbocycles. The van der Waals surface area contributed by atoms with E-state index in [1.807, 2.05) is 6.08 Å². The van der Waals surface area contributed by atoms with Crippen LogP contribution in [0, 0.1) is 0 Å². The maximum absolute atomic E-state index is 9.22. The molecule has 0 fully saturated rings. The Morgan fingerprint density at radius 2 is 1.80 bits per heavy atom. The first-order valence-corrected chi connectivity index (χ1v) is 7.46. The van der Waals surface area contributed by atoms with Crippen molar-refractivity contribution in [2.75, 3.05) is 21.2 Å². The van der Waals surface area contributed by atoms with Crippen LogP contribution in [-0.4, -0.2) is 44.7 Å². The molecule has 0 heterocycles. The summed E-state index contributed by atoms with van der Waals surface area (Å²) in [7, 11) is 0.867. The Bertz CT molecular complexity index is 497. The molecule has 20 heavy (non-hydrogen) atoms. The summed E-state index contributed by atoms with van der Waals surface area (Å²) in [5.41, 5.74) is 1.38. The molecule has 0 amide bonds. The topological polar surface area (TPSA) is 66.4 Å². The lowest BCUT2D eigenvalue weighted by Gasteiger charge is -2.34. The number of nitrogens with zero attached hydrogens (tertiary/aromatic N) is 1. The van der Waals surface area contributed by atoms with Gasteiger partial charge in [0.25, 0.3) is 0 Å². The fourth-order valence-corrected chi connectivity index (χ4v) is 1.48. The van der Waals surface area contributed by atoms with Gasteiger partial charge >= 0.3 is 0 Å². The van der Waals surface area contributed by atoms with Crippen LogP contribution < -0.4 is 0 Å². The number of hydrogen-bond donors (Lipinski definition) is 0. The molecular formula is C14H23NO4S. The van der Waals surface area contributed by atoms with E-state index in [9.17, 15) is 13.0 Å². The fourth-order valence-electron chi connectivity index (χ4n) is 1.48. The lowest BCUT2D eigenvalue weighted by Crippen LogP contribution is -2.45. The van der Waals surface area contributed by atoms with Gasteiger partial charge in [0.2, 0.25) is 10.4 Å². The van der Waals surface area contributed by atoms with Crippen molar-refractivity contribution < 1.29 is 21.6 Å². The maximum atomic E-state index is 9.22. The van der Waals surface area contributed by atoms with E-state index in [2.05, 4.69) is 62.1 Å². The summed E-state index contributed by atoms with van der Waals surface area (Å²) >= 11 is 0. The van der Waals surface area contributed by atoms with Gasteiger partial charge in [-0.3, -0.25) is 4.18 Å². The lowest BCUT2D eigenvalue weighted by molar-refractivity contribution is -0.919. The van der Waals surface area contributed by atoms with Gasteiger partial charge in [-0.1, -0.05) is 36.9 Å². The first-order valence-electron chi connectivity index (χ1n) is 6.13. The molecule has 5 nitrogen and oxygen atoms in total. The molecule has 0 aromatic heterocycles. The normalized spacial score (nSPS) is 13.1. The Balaban J connectivity index is 0.000000511. The number of quaternary nitrogens is 1. The number of rotatable bonds is 5. The Labute approximate surface area is 122 Å². The summed E-state index contributed by atoms with van der Waals surface area (Å²) in [5.74, 6) is 0. The first-order chi connectivity index (χ1) is 9.12. The smallest absolute Gasteiger partial charge is 0.217 e. The van der Waals surface area contributed by atoms with Crippen molar-refractivity contribution in [1.29, 1.82) is 0 Å². The van der Waals surface area contributed by atoms with Gasteiger partial charge in [-0.2, -0.15) is 0 Å². The molecule has 0 spiro atoms. The van der Waals surface area contributed by atoms with Crippen LogP contribution in [0.2, 0.25) is 0 Å². The van der Waals surface area contributed by atoms with Crippen LogP contribution >= 0.6 is 0 Å². The first kappa shape index (κ1) is 18.8. The predicted octanol–water partition coefficient (Wildman–Crippen LogP) is 1.93. The van der Waals surface area contributed by atoms with Gasteiger partial charge in [0, 0.05) is 5.56 Å². The van der Waals surface area contributed by atoms with Gasteiger partial charge < -0.3 is 9.04 Å². The summed E-state index contributed by atoms with van der Waals surface area (Å²) in [5, 5.41) is 0. The van der Waals surface area contributed by atoms with Crippen molar-refractivity contribution in [3.8, 4) is 0 Å². The third-order valence-electron chi connectivity index (χ3n) is 3.08. The highest BCUT2D eigenvalue weighted by atomic mass is 32.3. The van der Waals surface area contributed by atoms with Crippen LogP contribution in [0.1, 0.15) is 12.5 Å². The second-order valence-electron chi connectivity index (χ2n) is 4.97. The van der Waals surface area contributed by atoms with Crippen LogP contribution in [0.4, 0.5) is 0 Å². The minimum Gasteiger partial charge on any atom is -0.726 e. The molecule has 1 aromatic rings. The second kappa shape index (κ2) is 8.16. The third kappa shape index (κ3) is 8.06. The van der Waals surface area contributed by atoms with Crippen molar-refractivity contribution >= 4 is 10.4 Å². The van der Waals surface area contributed by atoms with Crippen molar-refractivity contribution in [2.45, 2.75) is 19.5 Å². The minimum absolute atomic E-state index is 0.482. The Morgan fingerprint density at radius 3 is 2.15 bits per heavy atom. The average Bonchev–Trinajstić information content (AvgIpc) is 2.38. The Hall–Kier alpha value is -1.21. The van der Waals surface area contributed by atoms with E-state index in [-0.39, 0.29) is 0 Å². The lowest BCUT2D eigenvalue weighted by atomic mass is 10.1. The van der Waals surface area contributed by atoms with Crippen LogP contribution in [-0.2, 0) is 21.1 Å². The molecule has 6 heteroatoms. The molecule has 114 valence electrons. The molecule has 1 rings (SSSR count). The monoisotopic (exact) mass is 301 g/mol. The molecule has 0 N–H and O–H groups in total. The average molecular weight is 301 g/mol. The SMILES string of the molecule is C=CC(C)[N+](C)(C)Cc1ccccc1.COS(=O)(=O)[O-]. The van der Waals surface area contributed by atoms with E-state index >= 15 is 0 Å². The van der Waals surface area contributed by atoms with Crippen molar-refractivity contribution in [3.05, 3.63) is 48.6 Å². The zero-order chi connectivity index (χ0) is 15.8. The van der Waals surface area contributed by atoms with Gasteiger partial charge in [0.15, 0.2) is 0 Å². The zero-order valence-corrected chi connectivity index (χ0v) is 13.3. The Kier molecular flexibility index (Phi) is 7.67. The number of benzene rings is 1. The molecular weight excluding hydrogens is 278 g/mol. The van der Waals surface area contributed by atoms with E-state index in [0.717, 1.165) is 18.1 Å². The van der Waals surface area contributed by atoms with Gasteiger partial charge in [-0.15, -0.1) is 0 Å². The van der Waals surface area contributed by atoms with E-state index in [1.54, 1.807) is 0 Å². The van der Waals surface area contributed by atoms with Crippen LogP contribution in [0.5, 0.6) is 0 Å². The summed E-state index contributed by atoms with van der Waals surface area (Å²) in [6.07, 6.45) is 2.02. The zero-order valence-electron chi connectivity index (χ0n) is 12.4. The summed E-state index contributed by atoms with van der Waals surface area (Å²) in [4.78, 5) is 0. The summed E-state index contributed by atoms with van der Waals surface area (Å²) < 4.78 is 32.0. The van der Waals surface area contributed by atoms with Gasteiger partial charge in [0.05, 0.1) is 21.2 Å². The molecule has 0 aliphatic rings. The highest BCUT2D eigenvalue weighted by molar-refractivity contribution is 7.80. The quantitative estimate of drug-likeness (QED) is 0.361. The minimum atomic E-state index is -4.41. The van der Waals surface area contributed by atoms with Crippen molar-refractivity contribution in [2.24, 2.45) is 0 Å². The third-order valence-corrected chi connectivity index (χ3v) is 3.49. The molecule has 0 radical (unpaired) electrons. The second-order valence-corrected chi connectivity index (χ2v) is 6.12. The molecule has 0 bridgehead atoms.